The van der Waals surface area contributed by atoms with Gasteiger partial charge in [-0.05, 0) is 55.7 Å². The van der Waals surface area contributed by atoms with Crippen molar-refractivity contribution in [3.8, 4) is 0 Å². The number of anilines is 1. The molecule has 1 saturated heterocycles. The lowest BCUT2D eigenvalue weighted by Crippen LogP contribution is -2.35. The molecular formula is C18H20ClFN2O4S2. The number of rotatable bonds is 5. The molecule has 0 saturated carbocycles. The molecule has 0 radical (unpaired) electrons. The smallest absolute Gasteiger partial charge is 0.261 e. The van der Waals surface area contributed by atoms with E-state index < -0.39 is 25.9 Å². The number of hydrogen-bond acceptors (Lipinski definition) is 4. The van der Waals surface area contributed by atoms with Gasteiger partial charge in [-0.15, -0.1) is 0 Å². The van der Waals surface area contributed by atoms with Gasteiger partial charge in [0.2, 0.25) is 10.0 Å². The van der Waals surface area contributed by atoms with E-state index in [1.165, 1.54) is 16.4 Å². The third kappa shape index (κ3) is 4.32. The van der Waals surface area contributed by atoms with Crippen LogP contribution in [-0.2, 0) is 20.0 Å². The summed E-state index contributed by atoms with van der Waals surface area (Å²) in [5.74, 6) is -0.730. The molecule has 28 heavy (non-hydrogen) atoms. The fourth-order valence-electron chi connectivity index (χ4n) is 2.97. The van der Waals surface area contributed by atoms with E-state index in [1.54, 1.807) is 13.0 Å². The highest BCUT2D eigenvalue weighted by molar-refractivity contribution is 7.92. The van der Waals surface area contributed by atoms with Gasteiger partial charge >= 0.3 is 0 Å². The number of halogens is 2. The molecule has 1 aliphatic rings. The second kappa shape index (κ2) is 7.98. The molecular weight excluding hydrogens is 427 g/mol. The van der Waals surface area contributed by atoms with E-state index in [4.69, 9.17) is 11.6 Å². The van der Waals surface area contributed by atoms with Gasteiger partial charge in [0.1, 0.15) is 5.82 Å². The van der Waals surface area contributed by atoms with Gasteiger partial charge in [0.05, 0.1) is 20.5 Å². The molecule has 0 amide bonds. The van der Waals surface area contributed by atoms with Crippen molar-refractivity contribution in [2.45, 2.75) is 36.0 Å². The average molecular weight is 447 g/mol. The molecule has 2 aromatic rings. The quantitative estimate of drug-likeness (QED) is 0.757. The highest BCUT2D eigenvalue weighted by atomic mass is 35.5. The van der Waals surface area contributed by atoms with Gasteiger partial charge in [-0.3, -0.25) is 4.72 Å². The summed E-state index contributed by atoms with van der Waals surface area (Å²) < 4.78 is 68.1. The first kappa shape index (κ1) is 21.0. The van der Waals surface area contributed by atoms with Gasteiger partial charge in [-0.2, -0.15) is 4.31 Å². The first-order valence-corrected chi connectivity index (χ1v) is 12.0. The van der Waals surface area contributed by atoms with Crippen LogP contribution in [-0.4, -0.2) is 34.2 Å². The van der Waals surface area contributed by atoms with Gasteiger partial charge in [0.15, 0.2) is 0 Å². The number of nitrogens with one attached hydrogen (secondary N) is 1. The number of hydrogen-bond donors (Lipinski definition) is 1. The van der Waals surface area contributed by atoms with Crippen LogP contribution in [0.1, 0.15) is 24.8 Å². The second-order valence-electron chi connectivity index (χ2n) is 6.62. The maximum atomic E-state index is 13.3. The fourth-order valence-corrected chi connectivity index (χ4v) is 5.91. The zero-order chi connectivity index (χ0) is 20.5. The molecule has 1 N–H and O–H groups in total. The normalized spacial score (nSPS) is 16.1. The Bertz CT molecular complexity index is 1100. The van der Waals surface area contributed by atoms with Gasteiger partial charge in [0, 0.05) is 13.1 Å². The van der Waals surface area contributed by atoms with Crippen LogP contribution in [0, 0.1) is 12.7 Å². The lowest BCUT2D eigenvalue weighted by molar-refractivity contribution is 0.346. The summed E-state index contributed by atoms with van der Waals surface area (Å²) in [5.41, 5.74) is 0.688. The van der Waals surface area contributed by atoms with Crippen molar-refractivity contribution in [1.29, 1.82) is 0 Å². The van der Waals surface area contributed by atoms with Crippen molar-refractivity contribution in [2.75, 3.05) is 17.8 Å². The SMILES string of the molecule is Cc1ccc(S(=O)(=O)N2CCCCC2)cc1NS(=O)(=O)c1ccc(F)c(Cl)c1. The topological polar surface area (TPSA) is 83.6 Å². The monoisotopic (exact) mass is 446 g/mol. The predicted octanol–water partition coefficient (Wildman–Crippen LogP) is 3.76. The lowest BCUT2D eigenvalue weighted by Gasteiger charge is -2.26. The van der Waals surface area contributed by atoms with E-state index in [0.717, 1.165) is 37.5 Å². The molecule has 0 spiro atoms. The summed E-state index contributed by atoms with van der Waals surface area (Å²) in [5, 5.41) is -0.318. The number of nitrogens with zero attached hydrogens (tertiary/aromatic N) is 1. The molecule has 3 rings (SSSR count). The van der Waals surface area contributed by atoms with Gasteiger partial charge in [-0.1, -0.05) is 24.1 Å². The Morgan fingerprint density at radius 2 is 1.61 bits per heavy atom. The molecule has 0 aliphatic carbocycles. The Kier molecular flexibility index (Phi) is 6.00. The number of benzene rings is 2. The minimum absolute atomic E-state index is 0.0230. The van der Waals surface area contributed by atoms with E-state index >= 15 is 0 Å². The Balaban J connectivity index is 1.94. The van der Waals surface area contributed by atoms with Crippen LogP contribution in [0.4, 0.5) is 10.1 Å². The van der Waals surface area contributed by atoms with Crippen LogP contribution in [0.25, 0.3) is 0 Å². The summed E-state index contributed by atoms with van der Waals surface area (Å²) >= 11 is 5.67. The standard InChI is InChI=1S/C18H20ClFN2O4S2/c1-13-5-6-15(28(25,26)22-9-3-2-4-10-22)12-18(13)21-27(23,24)14-7-8-17(20)16(19)11-14/h5-8,11-12,21H,2-4,9-10H2,1H3. The highest BCUT2D eigenvalue weighted by Gasteiger charge is 2.27. The first-order valence-electron chi connectivity index (χ1n) is 8.70. The first-order chi connectivity index (χ1) is 13.1. The Hall–Kier alpha value is -1.68. The van der Waals surface area contributed by atoms with Crippen LogP contribution in [0.3, 0.4) is 0 Å². The maximum Gasteiger partial charge on any atom is 0.261 e. The van der Waals surface area contributed by atoms with E-state index in [1.807, 2.05) is 0 Å². The maximum absolute atomic E-state index is 13.3. The minimum atomic E-state index is -4.07. The van der Waals surface area contributed by atoms with Crippen LogP contribution in [0.15, 0.2) is 46.2 Å². The largest absolute Gasteiger partial charge is 0.279 e. The van der Waals surface area contributed by atoms with Crippen molar-refractivity contribution >= 4 is 37.3 Å². The summed E-state index contributed by atoms with van der Waals surface area (Å²) in [6, 6.07) is 7.37. The third-order valence-electron chi connectivity index (χ3n) is 4.61. The molecule has 0 aromatic heterocycles. The molecule has 6 nitrogen and oxygen atoms in total. The number of sulfonamides is 2. The zero-order valence-corrected chi connectivity index (χ0v) is 17.5. The Labute approximate surface area is 169 Å². The summed E-state index contributed by atoms with van der Waals surface area (Å²) in [6.07, 6.45) is 2.59. The van der Waals surface area contributed by atoms with E-state index in [2.05, 4.69) is 4.72 Å². The molecule has 2 aromatic carbocycles. The van der Waals surface area contributed by atoms with Gasteiger partial charge in [-0.25, -0.2) is 21.2 Å². The summed E-state index contributed by atoms with van der Waals surface area (Å²) in [6.45, 7) is 2.56. The molecule has 1 aliphatic heterocycles. The zero-order valence-electron chi connectivity index (χ0n) is 15.2. The van der Waals surface area contributed by atoms with Crippen LogP contribution >= 0.6 is 11.6 Å². The molecule has 0 atom stereocenters. The third-order valence-corrected chi connectivity index (χ3v) is 8.15. The number of aryl methyl sites for hydroxylation is 1. The molecule has 0 unspecified atom stereocenters. The summed E-state index contributed by atoms with van der Waals surface area (Å²) in [7, 11) is -7.78. The second-order valence-corrected chi connectivity index (χ2v) is 10.7. The van der Waals surface area contributed by atoms with E-state index in [-0.39, 0.29) is 20.5 Å². The van der Waals surface area contributed by atoms with Crippen LogP contribution in [0.2, 0.25) is 5.02 Å². The summed E-state index contributed by atoms with van der Waals surface area (Å²) in [4.78, 5) is -0.197. The molecule has 152 valence electrons. The van der Waals surface area contributed by atoms with Crippen molar-refractivity contribution < 1.29 is 21.2 Å². The van der Waals surface area contributed by atoms with E-state index in [0.29, 0.717) is 18.7 Å². The molecule has 0 bridgehead atoms. The lowest BCUT2D eigenvalue weighted by atomic mass is 10.2. The Morgan fingerprint density at radius 3 is 2.25 bits per heavy atom. The van der Waals surface area contributed by atoms with Crippen molar-refractivity contribution in [3.63, 3.8) is 0 Å². The van der Waals surface area contributed by atoms with Crippen LogP contribution in [0.5, 0.6) is 0 Å². The number of piperidine rings is 1. The van der Waals surface area contributed by atoms with Crippen molar-refractivity contribution in [2.24, 2.45) is 0 Å². The minimum Gasteiger partial charge on any atom is -0.279 e. The predicted molar refractivity (Wildman–Crippen MR) is 106 cm³/mol. The van der Waals surface area contributed by atoms with Gasteiger partial charge < -0.3 is 0 Å². The van der Waals surface area contributed by atoms with Crippen LogP contribution < -0.4 is 4.72 Å². The van der Waals surface area contributed by atoms with Crippen molar-refractivity contribution in [3.05, 3.63) is 52.8 Å². The average Bonchev–Trinajstić information content (AvgIpc) is 2.66. The fraction of sp³-hybridized carbons (Fsp3) is 0.333. The van der Waals surface area contributed by atoms with Gasteiger partial charge in [0.25, 0.3) is 10.0 Å². The van der Waals surface area contributed by atoms with Crippen molar-refractivity contribution in [1.82, 2.24) is 4.31 Å². The highest BCUT2D eigenvalue weighted by Crippen LogP contribution is 2.27. The van der Waals surface area contributed by atoms with E-state index in [9.17, 15) is 21.2 Å². The molecule has 1 heterocycles. The molecule has 1 fully saturated rings. The molecule has 10 heteroatoms. The Morgan fingerprint density at radius 1 is 0.964 bits per heavy atom.